The molecule has 4 aliphatic rings. The molecule has 1 unspecified atom stereocenters. The molecule has 4 aliphatic heterocycles. The third-order valence-electron chi connectivity index (χ3n) is 9.01. The van der Waals surface area contributed by atoms with Gasteiger partial charge < -0.3 is 105 Å². The van der Waals surface area contributed by atoms with Crippen molar-refractivity contribution in [3.05, 3.63) is 0 Å². The van der Waals surface area contributed by atoms with Crippen LogP contribution >= 0.6 is 0 Å². The second kappa shape index (κ2) is 18.0. The minimum Gasteiger partial charge on any atom is -0.394 e. The van der Waals surface area contributed by atoms with Gasteiger partial charge in [0.2, 0.25) is 11.8 Å². The van der Waals surface area contributed by atoms with E-state index in [9.17, 15) is 70.9 Å². The molecular formula is C28H48N2O21. The summed E-state index contributed by atoms with van der Waals surface area (Å²) >= 11 is 0. The molecule has 0 aromatic heterocycles. The Morgan fingerprint density at radius 1 is 0.471 bits per heavy atom. The van der Waals surface area contributed by atoms with E-state index >= 15 is 0 Å². The summed E-state index contributed by atoms with van der Waals surface area (Å²) < 4.78 is 38.9. The van der Waals surface area contributed by atoms with E-state index in [1.54, 1.807) is 0 Å². The molecule has 51 heavy (non-hydrogen) atoms. The molecule has 0 aromatic rings. The fourth-order valence-electron chi connectivity index (χ4n) is 6.35. The van der Waals surface area contributed by atoms with Crippen molar-refractivity contribution in [1.29, 1.82) is 0 Å². The molecule has 0 radical (unpaired) electrons. The van der Waals surface area contributed by atoms with Crippen LogP contribution in [0.15, 0.2) is 0 Å². The lowest BCUT2D eigenvalue weighted by molar-refractivity contribution is -0.383. The quantitative estimate of drug-likeness (QED) is 0.0881. The normalized spacial score (nSPS) is 47.8. The fraction of sp³-hybridized carbons (Fsp3) is 0.929. The van der Waals surface area contributed by atoms with E-state index in [2.05, 4.69) is 10.6 Å². The SMILES string of the molecule is CC(=O)N[C@H]1[C@H](O[C@H]2[C@H](O)[C@H](O)[C@@H](O[C@@H]3[C@H](O)[C@H](O[C@H]4[C@H](O)[C@@H](NC(C)=O)C(O)O[C@@H]4CO)O[C@H](CO)[C@H]3O)O[C@@H]2CO)O[C@H](CO)[C@@H](O)[C@@H]1O. The first-order valence-corrected chi connectivity index (χ1v) is 16.1. The average Bonchev–Trinajstić information content (AvgIpc) is 3.09. The van der Waals surface area contributed by atoms with Crippen molar-refractivity contribution in [2.24, 2.45) is 0 Å². The summed E-state index contributed by atoms with van der Waals surface area (Å²) in [5, 5.41) is 130. The van der Waals surface area contributed by atoms with E-state index in [0.29, 0.717) is 0 Å². The van der Waals surface area contributed by atoms with Crippen LogP contribution in [-0.2, 0) is 42.7 Å². The van der Waals surface area contributed by atoms with Crippen molar-refractivity contribution in [2.75, 3.05) is 26.4 Å². The third-order valence-corrected chi connectivity index (χ3v) is 9.01. The Morgan fingerprint density at radius 3 is 1.47 bits per heavy atom. The standard InChI is InChI=1S/C28H48N2O21/c1-7(35)29-13-18(40)22(11(5-33)45-25(13)44)50-28-21(43)24(16(38)10(4-32)47-28)51-27-20(42)19(41)23(12(6-34)48-27)49-26-14(30-8(2)36)17(39)15(37)9(3-31)46-26/h9-28,31-34,37-44H,3-6H2,1-2H3,(H,29,35)(H,30,36)/t9-,10-,11-,12-,13-,14-,15-,16-,17-,18-,19-,20+,21+,22-,23-,24+,25?,26+,27-,28+/m1/s1. The van der Waals surface area contributed by atoms with Crippen molar-refractivity contribution >= 4 is 11.8 Å². The van der Waals surface area contributed by atoms with Crippen LogP contribution < -0.4 is 10.6 Å². The molecule has 23 nitrogen and oxygen atoms in total. The Balaban J connectivity index is 1.51. The van der Waals surface area contributed by atoms with Gasteiger partial charge in [-0.2, -0.15) is 0 Å². The Bertz CT molecular complexity index is 1140. The predicted octanol–water partition coefficient (Wildman–Crippen LogP) is -9.46. The largest absolute Gasteiger partial charge is 0.394 e. The highest BCUT2D eigenvalue weighted by molar-refractivity contribution is 5.73. The molecule has 2 amide bonds. The molecule has 20 atom stereocenters. The summed E-state index contributed by atoms with van der Waals surface area (Å²) in [6, 6.07) is -2.93. The summed E-state index contributed by atoms with van der Waals surface area (Å²) in [6.07, 6.45) is -31.6. The number of amides is 2. The van der Waals surface area contributed by atoms with Gasteiger partial charge in [-0.3, -0.25) is 9.59 Å². The molecule has 23 heteroatoms. The van der Waals surface area contributed by atoms with Gasteiger partial charge in [-0.25, -0.2) is 0 Å². The van der Waals surface area contributed by atoms with Crippen LogP contribution in [-0.4, -0.2) is 222 Å². The zero-order chi connectivity index (χ0) is 37.9. The third kappa shape index (κ3) is 9.11. The van der Waals surface area contributed by atoms with Gasteiger partial charge in [-0.15, -0.1) is 0 Å². The monoisotopic (exact) mass is 748 g/mol. The summed E-state index contributed by atoms with van der Waals surface area (Å²) in [7, 11) is 0. The van der Waals surface area contributed by atoms with Crippen molar-refractivity contribution in [1.82, 2.24) is 10.6 Å². The zero-order valence-electron chi connectivity index (χ0n) is 27.4. The maximum absolute atomic E-state index is 11.8. The van der Waals surface area contributed by atoms with Gasteiger partial charge in [0.15, 0.2) is 25.2 Å². The summed E-state index contributed by atoms with van der Waals surface area (Å²) in [5.74, 6) is -1.35. The highest BCUT2D eigenvalue weighted by Gasteiger charge is 2.55. The number of carbonyl (C=O) groups excluding carboxylic acids is 2. The number of hydrogen-bond donors (Lipinski definition) is 14. The molecule has 0 bridgehead atoms. The second-order valence-electron chi connectivity index (χ2n) is 12.6. The smallest absolute Gasteiger partial charge is 0.217 e. The number of rotatable bonds is 12. The lowest BCUT2D eigenvalue weighted by atomic mass is 9.94. The van der Waals surface area contributed by atoms with E-state index in [0.717, 1.165) is 13.8 Å². The molecule has 4 rings (SSSR count). The molecule has 4 heterocycles. The minimum absolute atomic E-state index is 0.666. The van der Waals surface area contributed by atoms with Crippen molar-refractivity contribution in [3.63, 3.8) is 0 Å². The Morgan fingerprint density at radius 2 is 0.902 bits per heavy atom. The van der Waals surface area contributed by atoms with Gasteiger partial charge in [0.25, 0.3) is 0 Å². The van der Waals surface area contributed by atoms with Crippen LogP contribution in [0.25, 0.3) is 0 Å². The van der Waals surface area contributed by atoms with E-state index in [1.165, 1.54) is 0 Å². The lowest BCUT2D eigenvalue weighted by Crippen LogP contribution is -2.69. The Hall–Kier alpha value is -1.82. The maximum atomic E-state index is 11.8. The summed E-state index contributed by atoms with van der Waals surface area (Å²) in [4.78, 5) is 23.4. The molecule has 4 saturated heterocycles. The number of ether oxygens (including phenoxy) is 7. The van der Waals surface area contributed by atoms with Crippen molar-refractivity contribution < 1.29 is 104 Å². The Kier molecular flexibility index (Phi) is 14.8. The van der Waals surface area contributed by atoms with Gasteiger partial charge in [-0.1, -0.05) is 0 Å². The predicted molar refractivity (Wildman–Crippen MR) is 157 cm³/mol. The highest BCUT2D eigenvalue weighted by Crippen LogP contribution is 2.34. The number of aliphatic hydroxyl groups excluding tert-OH is 12. The van der Waals surface area contributed by atoms with E-state index < -0.39 is 161 Å². The number of hydrogen-bond acceptors (Lipinski definition) is 21. The summed E-state index contributed by atoms with van der Waals surface area (Å²) in [5.41, 5.74) is 0. The number of nitrogens with one attached hydrogen (secondary N) is 2. The first kappa shape index (κ1) is 41.9. The van der Waals surface area contributed by atoms with E-state index in [-0.39, 0.29) is 0 Å². The Labute approximate surface area is 289 Å². The fourth-order valence-corrected chi connectivity index (χ4v) is 6.35. The molecule has 4 fully saturated rings. The molecule has 14 N–H and O–H groups in total. The van der Waals surface area contributed by atoms with Gasteiger partial charge in [0.05, 0.1) is 26.4 Å². The highest BCUT2D eigenvalue weighted by atomic mass is 16.8. The number of aliphatic hydroxyl groups is 12. The summed E-state index contributed by atoms with van der Waals surface area (Å²) in [6.45, 7) is -1.26. The molecule has 0 aliphatic carbocycles. The number of carbonyl (C=O) groups is 2. The van der Waals surface area contributed by atoms with Crippen LogP contribution in [0.2, 0.25) is 0 Å². The van der Waals surface area contributed by atoms with Crippen molar-refractivity contribution in [2.45, 2.75) is 137 Å². The van der Waals surface area contributed by atoms with Crippen LogP contribution in [0, 0.1) is 0 Å². The topological polar surface area (TPSA) is 366 Å². The molecule has 0 spiro atoms. The molecule has 296 valence electrons. The molecule has 0 aromatic carbocycles. The van der Waals surface area contributed by atoms with Crippen molar-refractivity contribution in [3.8, 4) is 0 Å². The van der Waals surface area contributed by atoms with Gasteiger partial charge in [0, 0.05) is 13.8 Å². The first-order valence-electron chi connectivity index (χ1n) is 16.1. The van der Waals surface area contributed by atoms with Crippen LogP contribution in [0.5, 0.6) is 0 Å². The molecular weight excluding hydrogens is 700 g/mol. The minimum atomic E-state index is -2.08. The van der Waals surface area contributed by atoms with E-state index in [1.807, 2.05) is 0 Å². The van der Waals surface area contributed by atoms with Gasteiger partial charge in [0.1, 0.15) is 97.5 Å². The van der Waals surface area contributed by atoms with Gasteiger partial charge in [-0.05, 0) is 0 Å². The van der Waals surface area contributed by atoms with E-state index in [4.69, 9.17) is 33.2 Å². The van der Waals surface area contributed by atoms with Crippen LogP contribution in [0.1, 0.15) is 13.8 Å². The van der Waals surface area contributed by atoms with Gasteiger partial charge >= 0.3 is 0 Å². The second-order valence-corrected chi connectivity index (χ2v) is 12.6. The van der Waals surface area contributed by atoms with Crippen LogP contribution in [0.3, 0.4) is 0 Å². The maximum Gasteiger partial charge on any atom is 0.217 e. The average molecular weight is 749 g/mol. The zero-order valence-corrected chi connectivity index (χ0v) is 27.4. The van der Waals surface area contributed by atoms with Crippen LogP contribution in [0.4, 0.5) is 0 Å². The lowest BCUT2D eigenvalue weighted by Gasteiger charge is -2.49. The molecule has 0 saturated carbocycles. The first-order chi connectivity index (χ1) is 24.1.